The van der Waals surface area contributed by atoms with E-state index in [4.69, 9.17) is 36.9 Å². The molecule has 11 N–H and O–H groups in total. The monoisotopic (exact) mass is 485 g/mol. The number of ether oxygens (including phenoxy) is 2. The van der Waals surface area contributed by atoms with E-state index in [2.05, 4.69) is 9.97 Å². The van der Waals surface area contributed by atoms with Crippen LogP contribution in [0.2, 0.25) is 0 Å². The number of aliphatic hydroxyl groups excluding tert-OH is 4. The van der Waals surface area contributed by atoms with Gasteiger partial charge in [-0.3, -0.25) is 18.9 Å². The maximum absolute atomic E-state index is 11.6. The van der Waals surface area contributed by atoms with Gasteiger partial charge in [-0.15, -0.1) is 0 Å². The molecule has 2 saturated heterocycles. The number of anilines is 1. The molecule has 188 valence electrons. The average Bonchev–Trinajstić information content (AvgIpc) is 3.24. The molecule has 0 aliphatic carbocycles. The molecule has 16 heteroatoms. The second-order valence-corrected chi connectivity index (χ2v) is 7.69. The number of hydrogen-bond donors (Lipinski definition) is 8. The van der Waals surface area contributed by atoms with E-state index in [9.17, 15) is 24.6 Å². The Morgan fingerprint density at radius 3 is 1.85 bits per heavy atom. The van der Waals surface area contributed by atoms with E-state index >= 15 is 0 Å². The van der Waals surface area contributed by atoms with Crippen LogP contribution in [0.5, 0.6) is 0 Å². The Hall–Kier alpha value is -2.96. The third-order valence-electron chi connectivity index (χ3n) is 5.45. The Balaban J connectivity index is 0.000000191. The number of H-pyrrole nitrogens is 1. The van der Waals surface area contributed by atoms with Gasteiger partial charge in [-0.05, 0) is 6.07 Å². The fourth-order valence-electron chi connectivity index (χ4n) is 3.59. The highest BCUT2D eigenvalue weighted by Crippen LogP contribution is 2.27. The Bertz CT molecular complexity index is 1150. The molecule has 16 nitrogen and oxygen atoms in total. The minimum atomic E-state index is -1.07. The molecule has 0 amide bonds. The van der Waals surface area contributed by atoms with E-state index in [1.54, 1.807) is 0 Å². The van der Waals surface area contributed by atoms with Crippen LogP contribution in [0.1, 0.15) is 12.5 Å². The molecule has 2 fully saturated rings. The van der Waals surface area contributed by atoms with E-state index in [0.717, 1.165) is 15.2 Å². The van der Waals surface area contributed by atoms with Gasteiger partial charge < -0.3 is 47.1 Å². The third-order valence-corrected chi connectivity index (χ3v) is 5.45. The average molecular weight is 485 g/mol. The van der Waals surface area contributed by atoms with E-state index in [1.165, 1.54) is 18.5 Å². The highest BCUT2D eigenvalue weighted by molar-refractivity contribution is 5.23. The molecule has 0 aromatic carbocycles. The van der Waals surface area contributed by atoms with Gasteiger partial charge >= 0.3 is 11.4 Å². The van der Waals surface area contributed by atoms with E-state index in [-0.39, 0.29) is 12.4 Å². The van der Waals surface area contributed by atoms with Crippen LogP contribution in [-0.4, -0.2) is 89.2 Å². The molecule has 2 aromatic rings. The van der Waals surface area contributed by atoms with Gasteiger partial charge in [0.25, 0.3) is 5.56 Å². The lowest BCUT2D eigenvalue weighted by Crippen LogP contribution is -2.42. The smallest absolute Gasteiger partial charge is 0.351 e. The number of aromatic nitrogens is 4. The lowest BCUT2D eigenvalue weighted by Gasteiger charge is -2.17. The van der Waals surface area contributed by atoms with Gasteiger partial charge in [0.1, 0.15) is 30.2 Å². The molecule has 2 aliphatic rings. The second-order valence-electron chi connectivity index (χ2n) is 7.69. The lowest BCUT2D eigenvalue weighted by atomic mass is 10.1. The number of nitrogens with two attached hydrogens (primary N) is 3. The Kier molecular flexibility index (Phi) is 7.95. The van der Waals surface area contributed by atoms with E-state index in [0.29, 0.717) is 0 Å². The van der Waals surface area contributed by atoms with Crippen LogP contribution in [-0.2, 0) is 9.47 Å². The largest absolute Gasteiger partial charge is 0.394 e. The predicted octanol–water partition coefficient (Wildman–Crippen LogP) is -5.48. The highest BCUT2D eigenvalue weighted by Gasteiger charge is 2.43. The van der Waals surface area contributed by atoms with Crippen molar-refractivity contribution in [1.29, 1.82) is 0 Å². The number of aromatic amines is 1. The quantitative estimate of drug-likeness (QED) is 0.201. The van der Waals surface area contributed by atoms with Crippen LogP contribution in [0.4, 0.5) is 5.82 Å². The van der Waals surface area contributed by atoms with Gasteiger partial charge in [0.05, 0.1) is 25.3 Å². The van der Waals surface area contributed by atoms with Gasteiger partial charge in [0.15, 0.2) is 12.5 Å². The molecule has 34 heavy (non-hydrogen) atoms. The molecule has 2 aliphatic heterocycles. The fraction of sp³-hybridized carbons (Fsp3) is 0.556. The van der Waals surface area contributed by atoms with Crippen LogP contribution in [0.25, 0.3) is 0 Å². The molecule has 0 spiro atoms. The first-order valence-corrected chi connectivity index (χ1v) is 10.1. The van der Waals surface area contributed by atoms with Crippen molar-refractivity contribution in [3.8, 4) is 0 Å². The lowest BCUT2D eigenvalue weighted by molar-refractivity contribution is -0.0465. The summed E-state index contributed by atoms with van der Waals surface area (Å²) >= 11 is 0. The number of nitrogens with zero attached hydrogens (tertiary/aromatic N) is 3. The molecular formula is C18H27N7O9. The topological polar surface area (TPSA) is 267 Å². The molecule has 4 rings (SSSR count). The number of aliphatic hydroxyl groups is 4. The maximum atomic E-state index is 11.6. The zero-order valence-electron chi connectivity index (χ0n) is 17.7. The van der Waals surface area contributed by atoms with Crippen LogP contribution >= 0.6 is 0 Å². The molecule has 0 bridgehead atoms. The predicted molar refractivity (Wildman–Crippen MR) is 114 cm³/mol. The van der Waals surface area contributed by atoms with E-state index < -0.39 is 72.5 Å². The Morgan fingerprint density at radius 2 is 1.41 bits per heavy atom. The highest BCUT2D eigenvalue weighted by atomic mass is 16.6. The first-order chi connectivity index (χ1) is 16.1. The summed E-state index contributed by atoms with van der Waals surface area (Å²) < 4.78 is 12.8. The van der Waals surface area contributed by atoms with Crippen molar-refractivity contribution in [2.24, 2.45) is 11.5 Å². The summed E-state index contributed by atoms with van der Waals surface area (Å²) in [7, 11) is 0. The molecule has 4 heterocycles. The minimum Gasteiger partial charge on any atom is -0.394 e. The van der Waals surface area contributed by atoms with Crippen molar-refractivity contribution < 1.29 is 29.9 Å². The Morgan fingerprint density at radius 1 is 0.912 bits per heavy atom. The summed E-state index contributed by atoms with van der Waals surface area (Å²) in [5.41, 5.74) is 14.9. The van der Waals surface area contributed by atoms with Gasteiger partial charge in [0, 0.05) is 18.5 Å². The molecule has 0 radical (unpaired) electrons. The first kappa shape index (κ1) is 25.7. The zero-order valence-corrected chi connectivity index (χ0v) is 17.7. The number of rotatable bonds is 4. The number of nitrogens with one attached hydrogen (secondary N) is 1. The minimum absolute atomic E-state index is 0.0945. The van der Waals surface area contributed by atoms with Crippen molar-refractivity contribution in [3.05, 3.63) is 55.8 Å². The fourth-order valence-corrected chi connectivity index (χ4v) is 3.59. The molecule has 0 saturated carbocycles. The van der Waals surface area contributed by atoms with Crippen molar-refractivity contribution in [2.45, 2.75) is 49.0 Å². The zero-order chi connectivity index (χ0) is 25.2. The van der Waals surface area contributed by atoms with Crippen LogP contribution < -0.4 is 34.1 Å². The third kappa shape index (κ3) is 5.08. The van der Waals surface area contributed by atoms with Crippen molar-refractivity contribution in [3.63, 3.8) is 0 Å². The Labute approximate surface area is 190 Å². The van der Waals surface area contributed by atoms with Crippen LogP contribution in [0.3, 0.4) is 0 Å². The van der Waals surface area contributed by atoms with Gasteiger partial charge in [0.2, 0.25) is 0 Å². The molecule has 2 unspecified atom stereocenters. The molecular weight excluding hydrogens is 458 g/mol. The summed E-state index contributed by atoms with van der Waals surface area (Å²) in [6.07, 6.45) is -2.89. The van der Waals surface area contributed by atoms with Crippen molar-refractivity contribution >= 4 is 5.82 Å². The first-order valence-electron chi connectivity index (χ1n) is 10.1. The summed E-state index contributed by atoms with van der Waals surface area (Å²) in [5.74, 6) is 0.0945. The standard InChI is InChI=1S/C9H14N4O4.C9H13N3O5/c10-5-1-2-13(9(16)12-5)8-6(11)7(15)4(3-14)17-8;10-6-7(15)4(3-13)17-8(6)12-2-1-5(14)11-9(12)16/h1-2,4,6-8,14-15H,3,11H2,(H2,10,12,16);1-2,4,6-8,13,15H,3,10H2,(H,11,14,16)/t2*4-,6?,7-,8-/m11/s1. The van der Waals surface area contributed by atoms with Crippen molar-refractivity contribution in [2.75, 3.05) is 18.9 Å². The van der Waals surface area contributed by atoms with Crippen LogP contribution in [0, 0.1) is 0 Å². The second kappa shape index (κ2) is 10.5. The summed E-state index contributed by atoms with van der Waals surface area (Å²) in [6.45, 7) is -0.772. The normalized spacial score (nSPS) is 32.9. The number of hydrogen-bond acceptors (Lipinski definition) is 13. The number of nitrogen functional groups attached to an aromatic ring is 1. The van der Waals surface area contributed by atoms with Crippen molar-refractivity contribution in [1.82, 2.24) is 19.1 Å². The van der Waals surface area contributed by atoms with E-state index in [1.807, 2.05) is 0 Å². The van der Waals surface area contributed by atoms with Gasteiger partial charge in [-0.2, -0.15) is 4.98 Å². The summed E-state index contributed by atoms with van der Waals surface area (Å²) in [6, 6.07) is 0.915. The SMILES string of the molecule is NC1[C@H](n2ccc(=O)[nH]c2=O)O[C@H](CO)[C@H]1O.Nc1ccn([C@@H]2O[C@H](CO)[C@@H](O)C2N)c(=O)n1. The molecule has 2 aromatic heterocycles. The molecule has 8 atom stereocenters. The van der Waals surface area contributed by atoms with Gasteiger partial charge in [-0.25, -0.2) is 9.59 Å². The van der Waals surface area contributed by atoms with Gasteiger partial charge in [-0.1, -0.05) is 0 Å². The van der Waals surface area contributed by atoms with Crippen LogP contribution in [0.15, 0.2) is 38.9 Å². The maximum Gasteiger partial charge on any atom is 0.351 e. The summed E-state index contributed by atoms with van der Waals surface area (Å²) in [5, 5.41) is 37.2. The summed E-state index contributed by atoms with van der Waals surface area (Å²) in [4.78, 5) is 39.6.